The lowest BCUT2D eigenvalue weighted by Crippen LogP contribution is -2.55. The Morgan fingerprint density at radius 2 is 2.05 bits per heavy atom. The lowest BCUT2D eigenvalue weighted by atomic mass is 9.91. The number of thioether (sulfide) groups is 1. The highest BCUT2D eigenvalue weighted by atomic mass is 32.2. The monoisotopic (exact) mass is 306 g/mol. The molecule has 21 heavy (non-hydrogen) atoms. The van der Waals surface area contributed by atoms with E-state index in [1.165, 1.54) is 0 Å². The van der Waals surface area contributed by atoms with E-state index in [2.05, 4.69) is 19.2 Å². The van der Waals surface area contributed by atoms with Crippen LogP contribution in [0.25, 0.3) is 0 Å². The maximum absolute atomic E-state index is 12.3. The van der Waals surface area contributed by atoms with E-state index in [1.807, 2.05) is 42.1 Å². The summed E-state index contributed by atoms with van der Waals surface area (Å²) in [6.07, 6.45) is 3.44. The maximum Gasteiger partial charge on any atom is 0.243 e. The van der Waals surface area contributed by atoms with Crippen LogP contribution in [0.4, 0.5) is 0 Å². The minimum Gasteiger partial charge on any atom is -0.368 e. The fourth-order valence-electron chi connectivity index (χ4n) is 2.34. The van der Waals surface area contributed by atoms with Crippen LogP contribution in [0.1, 0.15) is 38.7 Å². The van der Waals surface area contributed by atoms with Gasteiger partial charge in [-0.3, -0.25) is 10.1 Å². The topological polar surface area (TPSA) is 55.1 Å². The van der Waals surface area contributed by atoms with Crippen LogP contribution in [0.3, 0.4) is 0 Å². The SMILES string of the molecule is CC(C)CCSCC(NC1CC1)(C(N)=O)c1ccccc1. The van der Waals surface area contributed by atoms with Gasteiger partial charge >= 0.3 is 0 Å². The Balaban J connectivity index is 2.13. The first-order chi connectivity index (χ1) is 10.0. The summed E-state index contributed by atoms with van der Waals surface area (Å²) in [5, 5.41) is 3.51. The van der Waals surface area contributed by atoms with E-state index < -0.39 is 5.54 Å². The van der Waals surface area contributed by atoms with Gasteiger partial charge in [0, 0.05) is 11.8 Å². The van der Waals surface area contributed by atoms with Gasteiger partial charge in [0.05, 0.1) is 0 Å². The summed E-state index contributed by atoms with van der Waals surface area (Å²) in [5.74, 6) is 2.19. The predicted molar refractivity (Wildman–Crippen MR) is 90.3 cm³/mol. The molecule has 1 saturated carbocycles. The first-order valence-corrected chi connectivity index (χ1v) is 8.91. The second-order valence-corrected chi connectivity index (χ2v) is 7.39. The third kappa shape index (κ3) is 4.48. The fraction of sp³-hybridized carbons (Fsp3) is 0.588. The van der Waals surface area contributed by atoms with Gasteiger partial charge in [0.2, 0.25) is 5.91 Å². The highest BCUT2D eigenvalue weighted by Crippen LogP contribution is 2.32. The van der Waals surface area contributed by atoms with Crippen molar-refractivity contribution in [2.75, 3.05) is 11.5 Å². The first kappa shape index (κ1) is 16.4. The standard InChI is InChI=1S/C17H26N2OS/c1-13(2)10-11-21-12-17(16(18)20,19-15-8-9-15)14-6-4-3-5-7-14/h3-7,13,15,19H,8-12H2,1-2H3,(H2,18,20). The number of hydrogen-bond acceptors (Lipinski definition) is 3. The molecule has 3 N–H and O–H groups in total. The van der Waals surface area contributed by atoms with Crippen molar-refractivity contribution in [2.24, 2.45) is 11.7 Å². The number of amides is 1. The highest BCUT2D eigenvalue weighted by Gasteiger charge is 2.42. The van der Waals surface area contributed by atoms with E-state index in [9.17, 15) is 4.79 Å². The lowest BCUT2D eigenvalue weighted by molar-refractivity contribution is -0.124. The first-order valence-electron chi connectivity index (χ1n) is 7.75. The molecule has 1 unspecified atom stereocenters. The van der Waals surface area contributed by atoms with Crippen LogP contribution in [0, 0.1) is 5.92 Å². The van der Waals surface area contributed by atoms with Gasteiger partial charge in [0.15, 0.2) is 0 Å². The molecule has 0 heterocycles. The molecule has 1 amide bonds. The van der Waals surface area contributed by atoms with Crippen LogP contribution in [-0.4, -0.2) is 23.5 Å². The van der Waals surface area contributed by atoms with Crippen molar-refractivity contribution in [1.82, 2.24) is 5.32 Å². The summed E-state index contributed by atoms with van der Waals surface area (Å²) in [4.78, 5) is 12.3. The molecule has 0 radical (unpaired) electrons. The van der Waals surface area contributed by atoms with Crippen LogP contribution in [0.5, 0.6) is 0 Å². The minimum absolute atomic E-state index is 0.266. The minimum atomic E-state index is -0.732. The fourth-order valence-corrected chi connectivity index (χ4v) is 3.82. The van der Waals surface area contributed by atoms with Crippen molar-refractivity contribution in [2.45, 2.75) is 44.7 Å². The Morgan fingerprint density at radius 3 is 2.57 bits per heavy atom. The number of nitrogens with one attached hydrogen (secondary N) is 1. The smallest absolute Gasteiger partial charge is 0.243 e. The van der Waals surface area contributed by atoms with Crippen molar-refractivity contribution < 1.29 is 4.79 Å². The molecule has 0 bridgehead atoms. The second kappa shape index (κ2) is 7.32. The van der Waals surface area contributed by atoms with Crippen LogP contribution < -0.4 is 11.1 Å². The normalized spacial score (nSPS) is 17.7. The molecule has 1 aromatic carbocycles. The van der Waals surface area contributed by atoms with Crippen LogP contribution in [0.15, 0.2) is 30.3 Å². The number of benzene rings is 1. The third-order valence-corrected chi connectivity index (χ3v) is 5.03. The van der Waals surface area contributed by atoms with E-state index in [4.69, 9.17) is 5.73 Å². The maximum atomic E-state index is 12.3. The molecule has 2 rings (SSSR count). The van der Waals surface area contributed by atoms with Crippen molar-refractivity contribution in [1.29, 1.82) is 0 Å². The molecular formula is C17H26N2OS. The number of carbonyl (C=O) groups excluding carboxylic acids is 1. The van der Waals surface area contributed by atoms with Crippen molar-refractivity contribution in [3.05, 3.63) is 35.9 Å². The molecule has 1 atom stereocenters. The van der Waals surface area contributed by atoms with Crippen LogP contribution >= 0.6 is 11.8 Å². The lowest BCUT2D eigenvalue weighted by Gasteiger charge is -2.32. The Bertz CT molecular complexity index is 459. The molecule has 1 fully saturated rings. The highest BCUT2D eigenvalue weighted by molar-refractivity contribution is 7.99. The number of hydrogen-bond donors (Lipinski definition) is 2. The number of primary amides is 1. The van der Waals surface area contributed by atoms with Gasteiger partial charge in [-0.15, -0.1) is 0 Å². The summed E-state index contributed by atoms with van der Waals surface area (Å²) >= 11 is 1.82. The van der Waals surface area contributed by atoms with E-state index in [0.29, 0.717) is 17.7 Å². The van der Waals surface area contributed by atoms with Gasteiger partial charge in [-0.05, 0) is 36.5 Å². The van der Waals surface area contributed by atoms with Gasteiger partial charge in [0.1, 0.15) is 5.54 Å². The molecular weight excluding hydrogens is 280 g/mol. The largest absolute Gasteiger partial charge is 0.368 e. The van der Waals surface area contributed by atoms with E-state index >= 15 is 0 Å². The van der Waals surface area contributed by atoms with Crippen molar-refractivity contribution in [3.63, 3.8) is 0 Å². The molecule has 4 heteroatoms. The molecule has 0 aromatic heterocycles. The van der Waals surface area contributed by atoms with Gasteiger partial charge < -0.3 is 5.73 Å². The zero-order chi connectivity index (χ0) is 15.3. The third-order valence-electron chi connectivity index (χ3n) is 3.87. The van der Waals surface area contributed by atoms with E-state index in [1.54, 1.807) is 0 Å². The van der Waals surface area contributed by atoms with Gasteiger partial charge in [-0.1, -0.05) is 44.2 Å². The molecule has 3 nitrogen and oxygen atoms in total. The summed E-state index contributed by atoms with van der Waals surface area (Å²) in [7, 11) is 0. The molecule has 1 aromatic rings. The predicted octanol–water partition coefficient (Wildman–Crippen LogP) is 2.90. The summed E-state index contributed by atoms with van der Waals surface area (Å²) in [6.45, 7) is 4.45. The Labute approximate surface area is 132 Å². The molecule has 1 aliphatic carbocycles. The Hall–Kier alpha value is -1.00. The van der Waals surface area contributed by atoms with E-state index in [0.717, 1.165) is 30.6 Å². The quantitative estimate of drug-likeness (QED) is 0.690. The van der Waals surface area contributed by atoms with Crippen LogP contribution in [0.2, 0.25) is 0 Å². The van der Waals surface area contributed by atoms with Gasteiger partial charge in [-0.25, -0.2) is 0 Å². The van der Waals surface area contributed by atoms with Gasteiger partial charge in [-0.2, -0.15) is 11.8 Å². The van der Waals surface area contributed by atoms with E-state index in [-0.39, 0.29) is 5.91 Å². The molecule has 0 spiro atoms. The Morgan fingerprint density at radius 1 is 1.38 bits per heavy atom. The number of nitrogens with two attached hydrogens (primary N) is 1. The summed E-state index contributed by atoms with van der Waals surface area (Å²) < 4.78 is 0. The average molecular weight is 306 g/mol. The molecule has 1 aliphatic rings. The zero-order valence-corrected chi connectivity index (χ0v) is 13.8. The average Bonchev–Trinajstić information content (AvgIpc) is 3.26. The van der Waals surface area contributed by atoms with Crippen LogP contribution in [-0.2, 0) is 10.3 Å². The number of carbonyl (C=O) groups is 1. The second-order valence-electron chi connectivity index (χ2n) is 6.29. The zero-order valence-electron chi connectivity index (χ0n) is 13.0. The molecule has 116 valence electrons. The molecule has 0 aliphatic heterocycles. The summed E-state index contributed by atoms with van der Waals surface area (Å²) in [6, 6.07) is 10.4. The van der Waals surface area contributed by atoms with Crippen molar-refractivity contribution in [3.8, 4) is 0 Å². The molecule has 0 saturated heterocycles. The summed E-state index contributed by atoms with van der Waals surface area (Å²) in [5.41, 5.74) is 6.06. The number of rotatable bonds is 9. The van der Waals surface area contributed by atoms with Crippen molar-refractivity contribution >= 4 is 17.7 Å². The Kier molecular flexibility index (Phi) is 5.71. The van der Waals surface area contributed by atoms with Gasteiger partial charge in [0.25, 0.3) is 0 Å².